The van der Waals surface area contributed by atoms with Crippen LogP contribution in [0.15, 0.2) is 24.5 Å². The highest BCUT2D eigenvalue weighted by Gasteiger charge is 2.10. The third kappa shape index (κ3) is 5.29. The van der Waals surface area contributed by atoms with Crippen LogP contribution >= 0.6 is 0 Å². The van der Waals surface area contributed by atoms with E-state index < -0.39 is 0 Å². The van der Waals surface area contributed by atoms with Crippen molar-refractivity contribution in [2.24, 2.45) is 5.92 Å². The Labute approximate surface area is 104 Å². The van der Waals surface area contributed by atoms with Crippen molar-refractivity contribution in [1.29, 1.82) is 0 Å². The zero-order valence-corrected chi connectivity index (χ0v) is 10.9. The van der Waals surface area contributed by atoms with Crippen molar-refractivity contribution in [1.82, 2.24) is 10.3 Å². The molecule has 0 saturated carbocycles. The van der Waals surface area contributed by atoms with Crippen LogP contribution in [-0.2, 0) is 0 Å². The summed E-state index contributed by atoms with van der Waals surface area (Å²) in [6.45, 7) is 5.61. The fourth-order valence-corrected chi connectivity index (χ4v) is 2.05. The predicted octanol–water partition coefficient (Wildman–Crippen LogP) is 2.53. The molecule has 2 N–H and O–H groups in total. The Bertz CT molecular complexity index is 284. The van der Waals surface area contributed by atoms with Crippen LogP contribution in [-0.4, -0.2) is 23.2 Å². The molecule has 0 radical (unpaired) electrons. The summed E-state index contributed by atoms with van der Waals surface area (Å²) in [5.41, 5.74) is 1.26. The Kier molecular flexibility index (Phi) is 6.82. The summed E-state index contributed by atoms with van der Waals surface area (Å²) in [5, 5.41) is 12.5. The van der Waals surface area contributed by atoms with Gasteiger partial charge in [-0.15, -0.1) is 0 Å². The van der Waals surface area contributed by atoms with Gasteiger partial charge in [-0.3, -0.25) is 4.98 Å². The first-order chi connectivity index (χ1) is 8.27. The highest BCUT2D eigenvalue weighted by molar-refractivity contribution is 5.13. The van der Waals surface area contributed by atoms with Crippen LogP contribution in [0.5, 0.6) is 0 Å². The molecule has 96 valence electrons. The van der Waals surface area contributed by atoms with E-state index in [-0.39, 0.29) is 6.61 Å². The van der Waals surface area contributed by atoms with Gasteiger partial charge in [0.1, 0.15) is 0 Å². The van der Waals surface area contributed by atoms with Crippen LogP contribution in [0.2, 0.25) is 0 Å². The molecule has 0 amide bonds. The summed E-state index contributed by atoms with van der Waals surface area (Å²) in [6, 6.07) is 4.42. The molecule has 17 heavy (non-hydrogen) atoms. The number of aliphatic hydroxyl groups excluding tert-OH is 1. The Morgan fingerprint density at radius 1 is 1.29 bits per heavy atom. The minimum Gasteiger partial charge on any atom is -0.396 e. The van der Waals surface area contributed by atoms with Crippen LogP contribution in [0.1, 0.15) is 44.7 Å². The number of aliphatic hydroxyl groups is 1. The fourth-order valence-electron chi connectivity index (χ4n) is 2.05. The van der Waals surface area contributed by atoms with Gasteiger partial charge in [0.05, 0.1) is 0 Å². The smallest absolute Gasteiger partial charge is 0.0434 e. The lowest BCUT2D eigenvalue weighted by Crippen LogP contribution is -2.26. The third-order valence-electron chi connectivity index (χ3n) is 3.15. The number of pyridine rings is 1. The van der Waals surface area contributed by atoms with Crippen LogP contribution in [0.25, 0.3) is 0 Å². The second-order valence-corrected chi connectivity index (χ2v) is 4.58. The maximum atomic E-state index is 9.01. The molecule has 0 aliphatic rings. The molecule has 0 aliphatic carbocycles. The number of hydrogen-bond acceptors (Lipinski definition) is 3. The minimum atomic E-state index is 0.288. The van der Waals surface area contributed by atoms with Crippen molar-refractivity contribution in [3.63, 3.8) is 0 Å². The first-order valence-electron chi connectivity index (χ1n) is 6.52. The maximum Gasteiger partial charge on any atom is 0.0434 e. The molecule has 1 heterocycles. The number of hydrogen-bond donors (Lipinski definition) is 2. The molecule has 1 aromatic heterocycles. The molecule has 0 fully saturated rings. The molecule has 0 aromatic carbocycles. The van der Waals surface area contributed by atoms with E-state index in [4.69, 9.17) is 5.11 Å². The van der Waals surface area contributed by atoms with Crippen LogP contribution < -0.4 is 5.32 Å². The molecule has 3 nitrogen and oxygen atoms in total. The predicted molar refractivity (Wildman–Crippen MR) is 70.8 cm³/mol. The zero-order valence-electron chi connectivity index (χ0n) is 10.9. The van der Waals surface area contributed by atoms with Crippen molar-refractivity contribution in [2.45, 2.75) is 39.2 Å². The van der Waals surface area contributed by atoms with Crippen molar-refractivity contribution in [2.75, 3.05) is 13.2 Å². The number of aromatic nitrogens is 1. The van der Waals surface area contributed by atoms with Gasteiger partial charge in [-0.05, 0) is 49.9 Å². The Hall–Kier alpha value is -0.930. The van der Waals surface area contributed by atoms with E-state index in [0.717, 1.165) is 13.0 Å². The van der Waals surface area contributed by atoms with Crippen molar-refractivity contribution < 1.29 is 5.11 Å². The van der Waals surface area contributed by atoms with E-state index in [1.807, 2.05) is 24.5 Å². The summed E-state index contributed by atoms with van der Waals surface area (Å²) in [6.07, 6.45) is 6.89. The molecule has 2 atom stereocenters. The largest absolute Gasteiger partial charge is 0.396 e. The number of nitrogens with zero attached hydrogens (tertiary/aromatic N) is 1. The number of rotatable bonds is 8. The van der Waals surface area contributed by atoms with E-state index in [2.05, 4.69) is 24.1 Å². The van der Waals surface area contributed by atoms with E-state index >= 15 is 0 Å². The summed E-state index contributed by atoms with van der Waals surface area (Å²) in [4.78, 5) is 4.02. The molecule has 0 spiro atoms. The lowest BCUT2D eigenvalue weighted by molar-refractivity contribution is 0.246. The van der Waals surface area contributed by atoms with Gasteiger partial charge >= 0.3 is 0 Å². The average Bonchev–Trinajstić information content (AvgIpc) is 2.37. The van der Waals surface area contributed by atoms with Gasteiger partial charge in [-0.1, -0.05) is 13.3 Å². The summed E-state index contributed by atoms with van der Waals surface area (Å²) in [7, 11) is 0. The lowest BCUT2D eigenvalue weighted by atomic mass is 9.99. The van der Waals surface area contributed by atoms with Crippen LogP contribution in [0, 0.1) is 5.92 Å². The van der Waals surface area contributed by atoms with Gasteiger partial charge in [0.2, 0.25) is 0 Å². The lowest BCUT2D eigenvalue weighted by Gasteiger charge is -2.20. The molecule has 3 heteroatoms. The molecule has 0 bridgehead atoms. The molecule has 2 unspecified atom stereocenters. The van der Waals surface area contributed by atoms with Gasteiger partial charge in [-0.25, -0.2) is 0 Å². The molecule has 0 saturated heterocycles. The second-order valence-electron chi connectivity index (χ2n) is 4.58. The van der Waals surface area contributed by atoms with Gasteiger partial charge in [-0.2, -0.15) is 0 Å². The quantitative estimate of drug-likeness (QED) is 0.729. The van der Waals surface area contributed by atoms with Crippen molar-refractivity contribution in [3.05, 3.63) is 30.1 Å². The van der Waals surface area contributed by atoms with E-state index in [0.29, 0.717) is 12.0 Å². The Balaban J connectivity index is 2.38. The minimum absolute atomic E-state index is 0.288. The molecular weight excluding hydrogens is 212 g/mol. The highest BCUT2D eigenvalue weighted by atomic mass is 16.3. The van der Waals surface area contributed by atoms with E-state index in [9.17, 15) is 0 Å². The average molecular weight is 236 g/mol. The van der Waals surface area contributed by atoms with Gasteiger partial charge in [0.25, 0.3) is 0 Å². The highest BCUT2D eigenvalue weighted by Crippen LogP contribution is 2.14. The van der Waals surface area contributed by atoms with Crippen molar-refractivity contribution in [3.8, 4) is 0 Å². The summed E-state index contributed by atoms with van der Waals surface area (Å²) < 4.78 is 0. The van der Waals surface area contributed by atoms with Crippen LogP contribution in [0.3, 0.4) is 0 Å². The molecule has 0 aliphatic heterocycles. The van der Waals surface area contributed by atoms with Gasteiger partial charge in [0.15, 0.2) is 0 Å². The van der Waals surface area contributed by atoms with Gasteiger partial charge in [0, 0.05) is 25.0 Å². The monoisotopic (exact) mass is 236 g/mol. The molecule has 1 rings (SSSR count). The summed E-state index contributed by atoms with van der Waals surface area (Å²) in [5.74, 6) is 0.578. The van der Waals surface area contributed by atoms with Crippen molar-refractivity contribution >= 4 is 0 Å². The first-order valence-corrected chi connectivity index (χ1v) is 6.52. The zero-order chi connectivity index (χ0) is 12.5. The topological polar surface area (TPSA) is 45.1 Å². The van der Waals surface area contributed by atoms with E-state index in [1.54, 1.807) is 0 Å². The van der Waals surface area contributed by atoms with E-state index in [1.165, 1.54) is 18.4 Å². The second kappa shape index (κ2) is 8.20. The molecule has 1 aromatic rings. The standard InChI is InChI=1S/C14H24N2O/c1-3-4-13(7-10-17)11-16-12(2)14-5-8-15-9-6-14/h5-6,8-9,12-13,16-17H,3-4,7,10-11H2,1-2H3. The van der Waals surface area contributed by atoms with Gasteiger partial charge < -0.3 is 10.4 Å². The maximum absolute atomic E-state index is 9.01. The first kappa shape index (κ1) is 14.1. The Morgan fingerprint density at radius 3 is 2.59 bits per heavy atom. The van der Waals surface area contributed by atoms with Crippen LogP contribution in [0.4, 0.5) is 0 Å². The number of nitrogens with one attached hydrogen (secondary N) is 1. The fraction of sp³-hybridized carbons (Fsp3) is 0.643. The normalized spacial score (nSPS) is 14.5. The third-order valence-corrected chi connectivity index (χ3v) is 3.15. The Morgan fingerprint density at radius 2 is 2.00 bits per heavy atom. The SMILES string of the molecule is CCCC(CCO)CNC(C)c1ccncc1. The summed E-state index contributed by atoms with van der Waals surface area (Å²) >= 11 is 0. The molecular formula is C14H24N2O.